The van der Waals surface area contributed by atoms with Crippen LogP contribution in [0.25, 0.3) is 5.78 Å². The number of carbonyl (C=O) groups excluding carboxylic acids is 1. The summed E-state index contributed by atoms with van der Waals surface area (Å²) in [4.78, 5) is 21.9. The number of rotatable bonds is 5. The second-order valence-electron chi connectivity index (χ2n) is 7.21. The van der Waals surface area contributed by atoms with Crippen molar-refractivity contribution in [3.63, 3.8) is 0 Å². The fourth-order valence-corrected chi connectivity index (χ4v) is 4.34. The average Bonchev–Trinajstić information content (AvgIpc) is 3.02. The number of thioether (sulfide) groups is 1. The first kappa shape index (κ1) is 17.2. The van der Waals surface area contributed by atoms with Gasteiger partial charge < -0.3 is 0 Å². The summed E-state index contributed by atoms with van der Waals surface area (Å²) in [7, 11) is 0. The molecule has 0 N–H and O–H groups in total. The van der Waals surface area contributed by atoms with Crippen molar-refractivity contribution in [2.24, 2.45) is 5.92 Å². The normalized spacial score (nSPS) is 17.0. The third-order valence-electron chi connectivity index (χ3n) is 4.76. The SMILES string of the molecule is CC(C)CCSc1nc2nc3c(cn2n1)C(=O)CC(c1ccccc1)C3. The molecule has 1 unspecified atom stereocenters. The van der Waals surface area contributed by atoms with Crippen molar-refractivity contribution >= 4 is 23.3 Å². The van der Waals surface area contributed by atoms with Crippen molar-refractivity contribution in [1.82, 2.24) is 19.6 Å². The van der Waals surface area contributed by atoms with Gasteiger partial charge in [-0.2, -0.15) is 4.98 Å². The van der Waals surface area contributed by atoms with E-state index in [1.54, 1.807) is 22.5 Å². The van der Waals surface area contributed by atoms with E-state index >= 15 is 0 Å². The summed E-state index contributed by atoms with van der Waals surface area (Å²) >= 11 is 1.65. The molecule has 0 saturated carbocycles. The molecule has 0 saturated heterocycles. The summed E-state index contributed by atoms with van der Waals surface area (Å²) in [6, 6.07) is 10.2. The van der Waals surface area contributed by atoms with E-state index in [4.69, 9.17) is 0 Å². The smallest absolute Gasteiger partial charge is 0.253 e. The highest BCUT2D eigenvalue weighted by molar-refractivity contribution is 7.99. The fraction of sp³-hybridized carbons (Fsp3) is 0.400. The molecule has 2 heterocycles. The van der Waals surface area contributed by atoms with Crippen LogP contribution in [0.2, 0.25) is 0 Å². The summed E-state index contributed by atoms with van der Waals surface area (Å²) in [6.07, 6.45) is 4.22. The van der Waals surface area contributed by atoms with Crippen molar-refractivity contribution in [2.75, 3.05) is 5.75 Å². The lowest BCUT2D eigenvalue weighted by atomic mass is 9.82. The molecule has 4 rings (SSSR count). The van der Waals surface area contributed by atoms with Gasteiger partial charge in [0.25, 0.3) is 5.78 Å². The zero-order chi connectivity index (χ0) is 18.1. The highest BCUT2D eigenvalue weighted by atomic mass is 32.2. The molecule has 2 aromatic heterocycles. The van der Waals surface area contributed by atoms with Gasteiger partial charge in [0, 0.05) is 18.4 Å². The molecule has 3 aromatic rings. The van der Waals surface area contributed by atoms with Crippen LogP contribution in [0.3, 0.4) is 0 Å². The second kappa shape index (κ2) is 7.19. The number of ketones is 1. The van der Waals surface area contributed by atoms with E-state index in [1.807, 2.05) is 18.2 Å². The number of nitrogens with zero attached hydrogens (tertiary/aromatic N) is 4. The lowest BCUT2D eigenvalue weighted by molar-refractivity contribution is 0.0962. The maximum Gasteiger partial charge on any atom is 0.253 e. The number of Topliss-reactive ketones (excluding diaryl/α,β-unsaturated/α-hetero) is 1. The van der Waals surface area contributed by atoms with Gasteiger partial charge in [-0.25, -0.2) is 9.50 Å². The number of hydrogen-bond donors (Lipinski definition) is 0. The van der Waals surface area contributed by atoms with Crippen LogP contribution in [0.4, 0.5) is 0 Å². The quantitative estimate of drug-likeness (QED) is 0.634. The molecule has 1 aliphatic rings. The third kappa shape index (κ3) is 3.51. The molecular formula is C20H22N4OS. The molecule has 0 aliphatic heterocycles. The van der Waals surface area contributed by atoms with Crippen molar-refractivity contribution in [1.29, 1.82) is 0 Å². The predicted octanol–water partition coefficient (Wildman–Crippen LogP) is 4.18. The van der Waals surface area contributed by atoms with Crippen molar-refractivity contribution < 1.29 is 4.79 Å². The van der Waals surface area contributed by atoms with Crippen LogP contribution < -0.4 is 0 Å². The van der Waals surface area contributed by atoms with Gasteiger partial charge >= 0.3 is 0 Å². The number of aromatic nitrogens is 4. The van der Waals surface area contributed by atoms with Crippen LogP contribution in [0.15, 0.2) is 41.7 Å². The van der Waals surface area contributed by atoms with Crippen molar-refractivity contribution in [2.45, 2.75) is 44.2 Å². The number of hydrogen-bond acceptors (Lipinski definition) is 5. The Morgan fingerprint density at radius 2 is 2.00 bits per heavy atom. The van der Waals surface area contributed by atoms with E-state index in [1.165, 1.54) is 5.56 Å². The van der Waals surface area contributed by atoms with Gasteiger partial charge in [0.2, 0.25) is 5.16 Å². The summed E-state index contributed by atoms with van der Waals surface area (Å²) in [6.45, 7) is 4.42. The molecule has 0 bridgehead atoms. The monoisotopic (exact) mass is 366 g/mol. The van der Waals surface area contributed by atoms with Crippen LogP contribution >= 0.6 is 11.8 Å². The van der Waals surface area contributed by atoms with E-state index in [9.17, 15) is 4.79 Å². The molecule has 6 heteroatoms. The Hall–Kier alpha value is -2.21. The molecule has 26 heavy (non-hydrogen) atoms. The Morgan fingerprint density at radius 1 is 1.19 bits per heavy atom. The molecule has 5 nitrogen and oxygen atoms in total. The molecule has 0 radical (unpaired) electrons. The minimum atomic E-state index is 0.138. The first-order valence-corrected chi connectivity index (χ1v) is 10.1. The van der Waals surface area contributed by atoms with E-state index in [0.29, 0.717) is 23.7 Å². The summed E-state index contributed by atoms with van der Waals surface area (Å²) in [5, 5.41) is 5.21. The minimum absolute atomic E-state index is 0.138. The first-order chi connectivity index (χ1) is 12.6. The molecule has 0 amide bonds. The summed E-state index contributed by atoms with van der Waals surface area (Å²) < 4.78 is 1.65. The zero-order valence-corrected chi connectivity index (χ0v) is 15.9. The number of carbonyl (C=O) groups is 1. The van der Waals surface area contributed by atoms with Crippen LogP contribution in [0.5, 0.6) is 0 Å². The Balaban J connectivity index is 1.60. The Kier molecular flexibility index (Phi) is 4.76. The Labute approximate surface area is 157 Å². The van der Waals surface area contributed by atoms with Crippen molar-refractivity contribution in [3.8, 4) is 0 Å². The Bertz CT molecular complexity index is 936. The van der Waals surface area contributed by atoms with Gasteiger partial charge in [0.1, 0.15) is 0 Å². The largest absolute Gasteiger partial charge is 0.294 e. The molecule has 1 atom stereocenters. The number of benzene rings is 1. The molecule has 0 fully saturated rings. The van der Waals surface area contributed by atoms with Crippen LogP contribution in [0.1, 0.15) is 54.2 Å². The Morgan fingerprint density at radius 3 is 2.77 bits per heavy atom. The standard InChI is InChI=1S/C20H22N4OS/c1-13(2)8-9-26-20-22-19-21-17-10-15(14-6-4-3-5-7-14)11-18(25)16(17)12-24(19)23-20/h3-7,12-13,15H,8-11H2,1-2H3. The van der Waals surface area contributed by atoms with E-state index < -0.39 is 0 Å². The predicted molar refractivity (Wildman–Crippen MR) is 103 cm³/mol. The van der Waals surface area contributed by atoms with E-state index in [0.717, 1.165) is 29.4 Å². The molecule has 1 aromatic carbocycles. The lowest BCUT2D eigenvalue weighted by Gasteiger charge is -2.22. The summed E-state index contributed by atoms with van der Waals surface area (Å²) in [5.74, 6) is 2.56. The van der Waals surface area contributed by atoms with Gasteiger partial charge in [0.05, 0.1) is 11.3 Å². The van der Waals surface area contributed by atoms with Crippen LogP contribution in [-0.4, -0.2) is 31.1 Å². The van der Waals surface area contributed by atoms with Gasteiger partial charge in [-0.15, -0.1) is 5.10 Å². The lowest BCUT2D eigenvalue weighted by Crippen LogP contribution is -2.21. The maximum atomic E-state index is 12.7. The van der Waals surface area contributed by atoms with Gasteiger partial charge in [-0.3, -0.25) is 4.79 Å². The highest BCUT2D eigenvalue weighted by Crippen LogP contribution is 2.32. The van der Waals surface area contributed by atoms with Crippen LogP contribution in [-0.2, 0) is 6.42 Å². The average molecular weight is 366 g/mol. The van der Waals surface area contributed by atoms with Gasteiger partial charge in [-0.05, 0) is 30.2 Å². The second-order valence-corrected chi connectivity index (χ2v) is 8.27. The molecule has 134 valence electrons. The summed E-state index contributed by atoms with van der Waals surface area (Å²) in [5.41, 5.74) is 2.72. The van der Waals surface area contributed by atoms with E-state index in [2.05, 4.69) is 41.0 Å². The molecule has 1 aliphatic carbocycles. The van der Waals surface area contributed by atoms with Gasteiger partial charge in [-0.1, -0.05) is 55.9 Å². The zero-order valence-electron chi connectivity index (χ0n) is 15.1. The van der Waals surface area contributed by atoms with Crippen molar-refractivity contribution in [3.05, 3.63) is 53.3 Å². The highest BCUT2D eigenvalue weighted by Gasteiger charge is 2.28. The first-order valence-electron chi connectivity index (χ1n) is 9.07. The molecular weight excluding hydrogens is 344 g/mol. The topological polar surface area (TPSA) is 60.1 Å². The van der Waals surface area contributed by atoms with Crippen LogP contribution in [0, 0.1) is 5.92 Å². The van der Waals surface area contributed by atoms with E-state index in [-0.39, 0.29) is 11.7 Å². The fourth-order valence-electron chi connectivity index (χ4n) is 3.27. The number of fused-ring (bicyclic) bond motifs is 2. The molecule has 0 spiro atoms. The maximum absolute atomic E-state index is 12.7. The minimum Gasteiger partial charge on any atom is -0.294 e. The third-order valence-corrected chi connectivity index (χ3v) is 5.63. The van der Waals surface area contributed by atoms with Gasteiger partial charge in [0.15, 0.2) is 5.78 Å².